The van der Waals surface area contributed by atoms with E-state index in [2.05, 4.69) is 17.1 Å². The molecule has 1 aliphatic carbocycles. The predicted molar refractivity (Wildman–Crippen MR) is 95.7 cm³/mol. The molecular weight excluding hydrogens is 324 g/mol. The Bertz CT molecular complexity index is 609. The van der Waals surface area contributed by atoms with Gasteiger partial charge in [-0.1, -0.05) is 6.92 Å². The number of ether oxygens (including phenoxy) is 1. The van der Waals surface area contributed by atoms with E-state index in [1.807, 2.05) is 5.38 Å². The van der Waals surface area contributed by atoms with Gasteiger partial charge in [0, 0.05) is 6.54 Å². The number of hydrogen-bond acceptors (Lipinski definition) is 5. The zero-order chi connectivity index (χ0) is 17.1. The molecule has 5 nitrogen and oxygen atoms in total. The van der Waals surface area contributed by atoms with Crippen molar-refractivity contribution in [3.05, 3.63) is 16.5 Å². The van der Waals surface area contributed by atoms with E-state index >= 15 is 0 Å². The molecule has 6 heteroatoms. The third-order valence-corrected chi connectivity index (χ3v) is 5.59. The molecule has 1 aromatic heterocycles. The van der Waals surface area contributed by atoms with E-state index in [1.165, 1.54) is 17.8 Å². The van der Waals surface area contributed by atoms with Gasteiger partial charge in [0.1, 0.15) is 5.00 Å². The van der Waals surface area contributed by atoms with Gasteiger partial charge < -0.3 is 10.1 Å². The summed E-state index contributed by atoms with van der Waals surface area (Å²) in [6.07, 6.45) is 4.61. The average molecular weight is 350 g/mol. The molecule has 1 N–H and O–H groups in total. The molecule has 1 saturated carbocycles. The lowest BCUT2D eigenvalue weighted by Crippen LogP contribution is -2.39. The Morgan fingerprint density at radius 3 is 2.83 bits per heavy atom. The molecule has 2 fully saturated rings. The van der Waals surface area contributed by atoms with Crippen LogP contribution in [0.3, 0.4) is 0 Å². The van der Waals surface area contributed by atoms with Crippen LogP contribution in [0.2, 0.25) is 0 Å². The summed E-state index contributed by atoms with van der Waals surface area (Å²) >= 11 is 1.44. The number of nitrogens with zero attached hydrogens (tertiary/aromatic N) is 1. The summed E-state index contributed by atoms with van der Waals surface area (Å²) in [5, 5.41) is 5.60. The van der Waals surface area contributed by atoms with Crippen molar-refractivity contribution in [1.82, 2.24) is 4.90 Å². The monoisotopic (exact) mass is 350 g/mol. The summed E-state index contributed by atoms with van der Waals surface area (Å²) < 4.78 is 5.20. The van der Waals surface area contributed by atoms with Crippen molar-refractivity contribution in [3.8, 4) is 0 Å². The minimum atomic E-state index is -0.317. The number of rotatable bonds is 6. The van der Waals surface area contributed by atoms with Crippen molar-refractivity contribution >= 4 is 28.2 Å². The number of anilines is 1. The number of likely N-dealkylation sites (tertiary alicyclic amines) is 1. The van der Waals surface area contributed by atoms with E-state index in [-0.39, 0.29) is 11.9 Å². The second-order valence-electron chi connectivity index (χ2n) is 6.92. The summed E-state index contributed by atoms with van der Waals surface area (Å²) in [7, 11) is 0. The zero-order valence-electron chi connectivity index (χ0n) is 14.5. The molecule has 1 aromatic rings. The molecule has 0 bridgehead atoms. The lowest BCUT2D eigenvalue weighted by molar-refractivity contribution is -0.117. The molecule has 2 aliphatic rings. The smallest absolute Gasteiger partial charge is 0.341 e. The number of hydrogen-bond donors (Lipinski definition) is 1. The number of carbonyl (C=O) groups excluding carboxylic acids is 2. The van der Waals surface area contributed by atoms with Crippen molar-refractivity contribution in [2.75, 3.05) is 31.6 Å². The topological polar surface area (TPSA) is 58.6 Å². The van der Waals surface area contributed by atoms with Crippen LogP contribution in [0.1, 0.15) is 61.4 Å². The van der Waals surface area contributed by atoms with Crippen LogP contribution in [-0.4, -0.2) is 43.0 Å². The molecule has 0 aromatic carbocycles. The van der Waals surface area contributed by atoms with Crippen LogP contribution in [0, 0.1) is 5.92 Å². The largest absolute Gasteiger partial charge is 0.462 e. The van der Waals surface area contributed by atoms with Gasteiger partial charge in [0.05, 0.1) is 18.7 Å². The summed E-state index contributed by atoms with van der Waals surface area (Å²) in [6.45, 7) is 6.71. The summed E-state index contributed by atoms with van der Waals surface area (Å²) in [6, 6.07) is 0. The molecular formula is C18H26N2O3S. The molecule has 1 atom stereocenters. The van der Waals surface area contributed by atoms with Gasteiger partial charge >= 0.3 is 5.97 Å². The van der Waals surface area contributed by atoms with E-state index in [9.17, 15) is 9.59 Å². The molecule has 3 rings (SSSR count). The Labute approximate surface area is 147 Å². The number of piperidine rings is 1. The summed E-state index contributed by atoms with van der Waals surface area (Å²) in [5.41, 5.74) is 1.62. The first-order chi connectivity index (χ1) is 11.6. The van der Waals surface area contributed by atoms with Crippen molar-refractivity contribution in [1.29, 1.82) is 0 Å². The van der Waals surface area contributed by atoms with Crippen LogP contribution in [0.5, 0.6) is 0 Å². The van der Waals surface area contributed by atoms with Crippen molar-refractivity contribution in [2.45, 2.75) is 45.4 Å². The van der Waals surface area contributed by atoms with Crippen LogP contribution in [0.15, 0.2) is 5.38 Å². The lowest BCUT2D eigenvalue weighted by Gasteiger charge is -2.30. The molecule has 1 amide bonds. The van der Waals surface area contributed by atoms with Crippen molar-refractivity contribution < 1.29 is 14.3 Å². The predicted octanol–water partition coefficient (Wildman–Crippen LogP) is 3.47. The standard InChI is InChI=1S/C18H26N2O3S/c1-3-23-18(22)16-14(13-6-7-13)11-24-17(16)19-15(21)10-20-8-4-5-12(2)9-20/h11-13H,3-10H2,1-2H3,(H,19,21). The third kappa shape index (κ3) is 4.16. The van der Waals surface area contributed by atoms with Crippen LogP contribution < -0.4 is 5.32 Å². The van der Waals surface area contributed by atoms with Crippen molar-refractivity contribution in [3.63, 3.8) is 0 Å². The third-order valence-electron chi connectivity index (χ3n) is 4.68. The van der Waals surface area contributed by atoms with E-state index in [0.29, 0.717) is 35.6 Å². The van der Waals surface area contributed by atoms with Crippen LogP contribution in [-0.2, 0) is 9.53 Å². The normalized spacial score (nSPS) is 21.5. The summed E-state index contributed by atoms with van der Waals surface area (Å²) in [5.74, 6) is 0.737. The molecule has 1 unspecified atom stereocenters. The Morgan fingerprint density at radius 1 is 1.38 bits per heavy atom. The van der Waals surface area contributed by atoms with Gasteiger partial charge in [-0.05, 0) is 61.9 Å². The molecule has 0 radical (unpaired) electrons. The van der Waals surface area contributed by atoms with E-state index in [1.54, 1.807) is 6.92 Å². The maximum atomic E-state index is 12.4. The minimum absolute atomic E-state index is 0.0427. The zero-order valence-corrected chi connectivity index (χ0v) is 15.3. The highest BCUT2D eigenvalue weighted by Crippen LogP contribution is 2.46. The van der Waals surface area contributed by atoms with Gasteiger partial charge in [-0.2, -0.15) is 0 Å². The highest BCUT2D eigenvalue weighted by Gasteiger charge is 2.32. The quantitative estimate of drug-likeness (QED) is 0.798. The van der Waals surface area contributed by atoms with Crippen LogP contribution in [0.25, 0.3) is 0 Å². The molecule has 24 heavy (non-hydrogen) atoms. The first-order valence-electron chi connectivity index (χ1n) is 8.89. The summed E-state index contributed by atoms with van der Waals surface area (Å²) in [4.78, 5) is 26.9. The van der Waals surface area contributed by atoms with Gasteiger partial charge in [-0.15, -0.1) is 11.3 Å². The van der Waals surface area contributed by atoms with Crippen LogP contribution >= 0.6 is 11.3 Å². The number of esters is 1. The highest BCUT2D eigenvalue weighted by atomic mass is 32.1. The maximum Gasteiger partial charge on any atom is 0.341 e. The van der Waals surface area contributed by atoms with Gasteiger partial charge in [-0.3, -0.25) is 9.69 Å². The minimum Gasteiger partial charge on any atom is -0.462 e. The number of amides is 1. The second-order valence-corrected chi connectivity index (χ2v) is 7.80. The average Bonchev–Trinajstić information content (AvgIpc) is 3.29. The van der Waals surface area contributed by atoms with E-state index in [4.69, 9.17) is 4.74 Å². The lowest BCUT2D eigenvalue weighted by atomic mass is 10.0. The maximum absolute atomic E-state index is 12.4. The van der Waals surface area contributed by atoms with Gasteiger partial charge in [-0.25, -0.2) is 4.79 Å². The number of carbonyl (C=O) groups is 2. The Kier molecular flexibility index (Phi) is 5.56. The Hall–Kier alpha value is -1.40. The molecule has 0 spiro atoms. The van der Waals surface area contributed by atoms with Gasteiger partial charge in [0.15, 0.2) is 0 Å². The Morgan fingerprint density at radius 2 is 2.17 bits per heavy atom. The molecule has 132 valence electrons. The molecule has 1 saturated heterocycles. The van der Waals surface area contributed by atoms with E-state index < -0.39 is 0 Å². The van der Waals surface area contributed by atoms with Crippen molar-refractivity contribution in [2.24, 2.45) is 5.92 Å². The Balaban J connectivity index is 1.67. The van der Waals surface area contributed by atoms with Gasteiger partial charge in [0.2, 0.25) is 5.91 Å². The highest BCUT2D eigenvalue weighted by molar-refractivity contribution is 7.15. The van der Waals surface area contributed by atoms with Gasteiger partial charge in [0.25, 0.3) is 0 Å². The molecule has 2 heterocycles. The first-order valence-corrected chi connectivity index (χ1v) is 9.77. The van der Waals surface area contributed by atoms with E-state index in [0.717, 1.165) is 37.9 Å². The second kappa shape index (κ2) is 7.66. The SMILES string of the molecule is CCOC(=O)c1c(C2CC2)csc1NC(=O)CN1CCCC(C)C1. The first kappa shape index (κ1) is 17.4. The fraction of sp³-hybridized carbons (Fsp3) is 0.667. The fourth-order valence-electron chi connectivity index (χ4n) is 3.37. The van der Waals surface area contributed by atoms with Crippen LogP contribution in [0.4, 0.5) is 5.00 Å². The number of nitrogens with one attached hydrogen (secondary N) is 1. The molecule has 1 aliphatic heterocycles. The number of thiophene rings is 1. The fourth-order valence-corrected chi connectivity index (χ4v) is 4.42.